The lowest BCUT2D eigenvalue weighted by molar-refractivity contribution is -0.174. The highest BCUT2D eigenvalue weighted by Crippen LogP contribution is 2.32. The van der Waals surface area contributed by atoms with Crippen molar-refractivity contribution in [2.24, 2.45) is 0 Å². The molecule has 25 heavy (non-hydrogen) atoms. The molecule has 0 radical (unpaired) electrons. The van der Waals surface area contributed by atoms with Crippen molar-refractivity contribution in [3.8, 4) is 0 Å². The van der Waals surface area contributed by atoms with Gasteiger partial charge in [0.1, 0.15) is 11.2 Å². The molecule has 1 rings (SSSR count). The Morgan fingerprint density at radius 1 is 0.920 bits per heavy atom. The van der Waals surface area contributed by atoms with Crippen molar-refractivity contribution >= 4 is 18.2 Å². The molecule has 144 valence electrons. The van der Waals surface area contributed by atoms with Crippen LogP contribution in [0.1, 0.15) is 61.3 Å². The van der Waals surface area contributed by atoms with Gasteiger partial charge in [0.2, 0.25) is 0 Å². The number of carbonyl (C=O) groups is 3. The summed E-state index contributed by atoms with van der Waals surface area (Å²) in [5, 5.41) is 2.15. The van der Waals surface area contributed by atoms with E-state index in [4.69, 9.17) is 14.2 Å². The second-order valence-corrected chi connectivity index (χ2v) is 8.26. The van der Waals surface area contributed by atoms with Crippen molar-refractivity contribution in [2.75, 3.05) is 13.7 Å². The Labute approximate surface area is 149 Å². The maximum absolute atomic E-state index is 12.8. The molecule has 0 bridgehead atoms. The number of hydrazine groups is 1. The van der Waals surface area contributed by atoms with Crippen molar-refractivity contribution < 1.29 is 28.6 Å². The van der Waals surface area contributed by atoms with Crippen LogP contribution in [0.3, 0.4) is 0 Å². The number of ether oxygens (including phenoxy) is 3. The molecule has 1 saturated heterocycles. The van der Waals surface area contributed by atoms with Gasteiger partial charge >= 0.3 is 18.2 Å². The summed E-state index contributed by atoms with van der Waals surface area (Å²) in [7, 11) is 1.24. The van der Waals surface area contributed by atoms with E-state index in [1.807, 2.05) is 0 Å². The van der Waals surface area contributed by atoms with Gasteiger partial charge in [-0.25, -0.2) is 19.4 Å². The van der Waals surface area contributed by atoms with Crippen LogP contribution in [0.2, 0.25) is 0 Å². The zero-order valence-corrected chi connectivity index (χ0v) is 16.5. The summed E-state index contributed by atoms with van der Waals surface area (Å²) >= 11 is 0. The van der Waals surface area contributed by atoms with Gasteiger partial charge in [0.15, 0.2) is 5.54 Å². The molecule has 1 atom stereocenters. The summed E-state index contributed by atoms with van der Waals surface area (Å²) in [6.45, 7) is 12.1. The number of carbonyl (C=O) groups excluding carboxylic acids is 3. The average molecular weight is 358 g/mol. The maximum Gasteiger partial charge on any atom is 0.430 e. The summed E-state index contributed by atoms with van der Waals surface area (Å²) in [6.07, 6.45) is -0.651. The molecule has 1 aliphatic rings. The first-order valence-electron chi connectivity index (χ1n) is 8.33. The van der Waals surface area contributed by atoms with Gasteiger partial charge in [-0.3, -0.25) is 0 Å². The van der Waals surface area contributed by atoms with Gasteiger partial charge < -0.3 is 14.2 Å². The third kappa shape index (κ3) is 5.24. The Morgan fingerprint density at radius 2 is 1.40 bits per heavy atom. The number of amides is 2. The van der Waals surface area contributed by atoms with Crippen molar-refractivity contribution in [3.05, 3.63) is 0 Å². The van der Waals surface area contributed by atoms with Crippen molar-refractivity contribution in [1.29, 1.82) is 0 Å². The maximum atomic E-state index is 12.8. The summed E-state index contributed by atoms with van der Waals surface area (Å²) < 4.78 is 15.7. The molecular formula is C17H30N2O6. The largest absolute Gasteiger partial charge is 0.467 e. The van der Waals surface area contributed by atoms with Crippen LogP contribution >= 0.6 is 0 Å². The zero-order valence-electron chi connectivity index (χ0n) is 16.5. The molecule has 8 nitrogen and oxygen atoms in total. The summed E-state index contributed by atoms with van der Waals surface area (Å²) in [6, 6.07) is 0. The Bertz CT molecular complexity index is 534. The van der Waals surface area contributed by atoms with Gasteiger partial charge in [-0.2, -0.15) is 5.01 Å². The van der Waals surface area contributed by atoms with Crippen LogP contribution in [-0.4, -0.2) is 58.6 Å². The second-order valence-electron chi connectivity index (χ2n) is 8.26. The van der Waals surface area contributed by atoms with E-state index >= 15 is 0 Å². The second kappa shape index (κ2) is 7.09. The normalized spacial score (nSPS) is 21.6. The van der Waals surface area contributed by atoms with Crippen molar-refractivity contribution in [3.63, 3.8) is 0 Å². The van der Waals surface area contributed by atoms with Gasteiger partial charge in [0.25, 0.3) is 0 Å². The number of hydrogen-bond acceptors (Lipinski definition) is 6. The van der Waals surface area contributed by atoms with Crippen LogP contribution < -0.4 is 0 Å². The molecule has 1 heterocycles. The lowest BCUT2D eigenvalue weighted by atomic mass is 9.93. The highest BCUT2D eigenvalue weighted by atomic mass is 16.6. The van der Waals surface area contributed by atoms with Crippen LogP contribution in [0, 0.1) is 0 Å². The van der Waals surface area contributed by atoms with Crippen molar-refractivity contribution in [2.45, 2.75) is 78.0 Å². The third-order valence-electron chi connectivity index (χ3n) is 3.54. The monoisotopic (exact) mass is 358 g/mol. The number of hydrogen-bond donors (Lipinski definition) is 0. The minimum Gasteiger partial charge on any atom is -0.467 e. The van der Waals surface area contributed by atoms with Gasteiger partial charge in [-0.1, -0.05) is 0 Å². The number of nitrogens with zero attached hydrogens (tertiary/aromatic N) is 2. The SMILES string of the molecule is COC(=O)C1(C)CCCN(C(=O)OC(C)(C)C)N1C(=O)OC(C)(C)C. The van der Waals surface area contributed by atoms with Crippen LogP contribution in [0.5, 0.6) is 0 Å². The first-order valence-corrected chi connectivity index (χ1v) is 8.33. The summed E-state index contributed by atoms with van der Waals surface area (Å²) in [4.78, 5) is 37.7. The molecule has 0 saturated carbocycles. The van der Waals surface area contributed by atoms with Gasteiger partial charge in [0, 0.05) is 6.54 Å². The molecule has 0 spiro atoms. The molecule has 0 aromatic rings. The first kappa shape index (κ1) is 21.1. The Kier molecular flexibility index (Phi) is 5.97. The van der Waals surface area contributed by atoms with Crippen LogP contribution in [0.15, 0.2) is 0 Å². The fourth-order valence-corrected chi connectivity index (χ4v) is 2.55. The molecule has 0 aromatic heterocycles. The molecule has 0 aromatic carbocycles. The van der Waals surface area contributed by atoms with E-state index in [0.29, 0.717) is 12.8 Å². The van der Waals surface area contributed by atoms with E-state index in [0.717, 1.165) is 10.0 Å². The van der Waals surface area contributed by atoms with Gasteiger partial charge in [-0.15, -0.1) is 0 Å². The van der Waals surface area contributed by atoms with Gasteiger partial charge in [-0.05, 0) is 61.3 Å². The molecule has 0 aliphatic carbocycles. The average Bonchev–Trinajstić information content (AvgIpc) is 2.42. The number of rotatable bonds is 1. The topological polar surface area (TPSA) is 85.4 Å². The lowest BCUT2D eigenvalue weighted by Gasteiger charge is -2.48. The Morgan fingerprint density at radius 3 is 1.84 bits per heavy atom. The third-order valence-corrected chi connectivity index (χ3v) is 3.54. The predicted molar refractivity (Wildman–Crippen MR) is 90.7 cm³/mol. The highest BCUT2D eigenvalue weighted by Gasteiger charge is 2.52. The molecule has 1 aliphatic heterocycles. The fraction of sp³-hybridized carbons (Fsp3) is 0.824. The van der Waals surface area contributed by atoms with E-state index in [-0.39, 0.29) is 6.54 Å². The van der Waals surface area contributed by atoms with Crippen LogP contribution in [0.4, 0.5) is 9.59 Å². The quantitative estimate of drug-likeness (QED) is 0.529. The van der Waals surface area contributed by atoms with Crippen molar-refractivity contribution in [1.82, 2.24) is 10.0 Å². The number of esters is 1. The highest BCUT2D eigenvalue weighted by molar-refractivity contribution is 5.87. The Balaban J connectivity index is 3.26. The van der Waals surface area contributed by atoms with E-state index in [1.54, 1.807) is 48.5 Å². The molecule has 1 fully saturated rings. The fourth-order valence-electron chi connectivity index (χ4n) is 2.55. The predicted octanol–water partition coefficient (Wildman–Crippen LogP) is 3.10. The molecule has 8 heteroatoms. The first-order chi connectivity index (χ1) is 11.2. The molecule has 2 amide bonds. The van der Waals surface area contributed by atoms with Crippen LogP contribution in [-0.2, 0) is 19.0 Å². The summed E-state index contributed by atoms with van der Waals surface area (Å²) in [5.74, 6) is -0.619. The van der Waals surface area contributed by atoms with Crippen LogP contribution in [0.25, 0.3) is 0 Å². The minimum absolute atomic E-state index is 0.237. The standard InChI is InChI=1S/C17H30N2O6/c1-15(2,3)24-13(21)18-11-9-10-17(7,12(20)23-8)19(18)14(22)25-16(4,5)6/h9-11H2,1-8H3. The Hall–Kier alpha value is -1.99. The lowest BCUT2D eigenvalue weighted by Crippen LogP contribution is -2.67. The molecule has 1 unspecified atom stereocenters. The minimum atomic E-state index is -1.35. The number of methoxy groups -OCH3 is 1. The summed E-state index contributed by atoms with van der Waals surface area (Å²) in [5.41, 5.74) is -2.88. The molecular weight excluding hydrogens is 328 g/mol. The smallest absolute Gasteiger partial charge is 0.430 e. The zero-order chi connectivity index (χ0) is 19.6. The van der Waals surface area contributed by atoms with E-state index < -0.39 is 34.9 Å². The van der Waals surface area contributed by atoms with E-state index in [1.165, 1.54) is 7.11 Å². The molecule has 0 N–H and O–H groups in total. The van der Waals surface area contributed by atoms with E-state index in [9.17, 15) is 14.4 Å². The van der Waals surface area contributed by atoms with E-state index in [2.05, 4.69) is 0 Å². The van der Waals surface area contributed by atoms with Gasteiger partial charge in [0.05, 0.1) is 7.11 Å².